The van der Waals surface area contributed by atoms with Crippen LogP contribution in [0.25, 0.3) is 0 Å². The lowest BCUT2D eigenvalue weighted by atomic mass is 10.5. The van der Waals surface area contributed by atoms with E-state index in [1.54, 1.807) is 0 Å². The van der Waals surface area contributed by atoms with Crippen LogP contribution in [-0.2, 0) is 8.98 Å². The van der Waals surface area contributed by atoms with Gasteiger partial charge in [0, 0.05) is 0 Å². The Morgan fingerprint density at radius 2 is 2.08 bits per heavy atom. The van der Waals surface area contributed by atoms with E-state index < -0.39 is 0 Å². The first-order valence-corrected chi connectivity index (χ1v) is 5.91. The molecule has 0 saturated heterocycles. The van der Waals surface area contributed by atoms with E-state index in [1.807, 2.05) is 22.6 Å². The molecule has 0 aromatic carbocycles. The van der Waals surface area contributed by atoms with Crippen molar-refractivity contribution in [2.45, 2.75) is 0 Å². The molecule has 72 valence electrons. The Morgan fingerprint density at radius 1 is 1.50 bits per heavy atom. The second-order valence-electron chi connectivity index (χ2n) is 3.42. The van der Waals surface area contributed by atoms with Crippen molar-refractivity contribution >= 4 is 39.7 Å². The number of halogens is 1. The molecule has 3 nitrogen and oxygen atoms in total. The quantitative estimate of drug-likeness (QED) is 0.252. The van der Waals surface area contributed by atoms with Crippen LogP contribution in [0.5, 0.6) is 0 Å². The number of hydrogen-bond acceptors (Lipinski definition) is 3. The molecule has 0 heterocycles. The Morgan fingerprint density at radius 3 is 2.50 bits per heavy atom. The predicted octanol–water partition coefficient (Wildman–Crippen LogP) is 1.32. The fourth-order valence-electron chi connectivity index (χ4n) is 0.441. The number of nitrogens with zero attached hydrogens (tertiary/aromatic N) is 1. The minimum Gasteiger partial charge on any atom is -0.329 e. The molecule has 0 radical (unpaired) electrons. The van der Waals surface area contributed by atoms with Crippen molar-refractivity contribution in [3.05, 3.63) is 0 Å². The van der Waals surface area contributed by atoms with Crippen LogP contribution >= 0.6 is 34.6 Å². The molecular weight excluding hydrogens is 289 g/mol. The molecule has 0 aliphatic heterocycles. The van der Waals surface area contributed by atoms with Crippen molar-refractivity contribution < 1.29 is 13.5 Å². The summed E-state index contributed by atoms with van der Waals surface area (Å²) in [6.45, 7) is 1.54. The molecule has 5 heteroatoms. The van der Waals surface area contributed by atoms with Gasteiger partial charge < -0.3 is 8.67 Å². The van der Waals surface area contributed by atoms with Crippen LogP contribution in [0.1, 0.15) is 0 Å². The Bertz CT molecular complexity index is 147. The maximum atomic E-state index is 10.8. The number of likely N-dealkylation sites (N-methyl/N-ethyl adjacent to an activating group) is 1. The molecular formula is C7H15INO2S+. The van der Waals surface area contributed by atoms with Crippen molar-refractivity contribution in [2.75, 3.05) is 38.7 Å². The first-order chi connectivity index (χ1) is 5.45. The zero-order valence-electron chi connectivity index (χ0n) is 7.67. The number of carbonyl (C=O) groups is 1. The van der Waals surface area contributed by atoms with Gasteiger partial charge in [0.1, 0.15) is 13.2 Å². The van der Waals surface area contributed by atoms with Crippen molar-refractivity contribution in [1.82, 2.24) is 0 Å². The SMILES string of the molecule is C[N+](C)(C)CCOSC(=O)CI. The van der Waals surface area contributed by atoms with Gasteiger partial charge >= 0.3 is 0 Å². The number of carbonyl (C=O) groups excluding carboxylic acids is 1. The highest BCUT2D eigenvalue weighted by Crippen LogP contribution is 2.06. The van der Waals surface area contributed by atoms with Crippen molar-refractivity contribution in [3.8, 4) is 0 Å². The predicted molar refractivity (Wildman–Crippen MR) is 60.3 cm³/mol. The fourth-order valence-corrected chi connectivity index (χ4v) is 1.16. The molecule has 0 aromatic rings. The van der Waals surface area contributed by atoms with Gasteiger partial charge in [0.25, 0.3) is 0 Å². The number of quaternary nitrogens is 1. The minimum atomic E-state index is 0.0806. The molecule has 0 aliphatic carbocycles. The van der Waals surface area contributed by atoms with Gasteiger partial charge in [-0.15, -0.1) is 0 Å². The summed E-state index contributed by atoms with van der Waals surface area (Å²) in [5.74, 6) is 0. The maximum absolute atomic E-state index is 10.8. The van der Waals surface area contributed by atoms with E-state index in [9.17, 15) is 4.79 Å². The topological polar surface area (TPSA) is 26.3 Å². The summed E-state index contributed by atoms with van der Waals surface area (Å²) >= 11 is 2.99. The van der Waals surface area contributed by atoms with Gasteiger partial charge in [-0.05, 0) is 0 Å². The van der Waals surface area contributed by atoms with Gasteiger partial charge in [0.05, 0.1) is 37.6 Å². The second-order valence-corrected chi connectivity index (χ2v) is 5.05. The molecule has 0 rings (SSSR count). The van der Waals surface area contributed by atoms with Gasteiger partial charge in [-0.1, -0.05) is 22.6 Å². The van der Waals surface area contributed by atoms with Crippen LogP contribution in [0.2, 0.25) is 0 Å². The van der Waals surface area contributed by atoms with E-state index in [0.717, 1.165) is 23.1 Å². The lowest BCUT2D eigenvalue weighted by Crippen LogP contribution is -2.37. The van der Waals surface area contributed by atoms with Gasteiger partial charge in [-0.2, -0.15) is 0 Å². The Labute approximate surface area is 91.8 Å². The van der Waals surface area contributed by atoms with Gasteiger partial charge in [-0.3, -0.25) is 4.79 Å². The van der Waals surface area contributed by atoms with Crippen LogP contribution in [0.4, 0.5) is 0 Å². The third kappa shape index (κ3) is 8.76. The van der Waals surface area contributed by atoms with E-state index in [4.69, 9.17) is 4.18 Å². The average Bonchev–Trinajstić information content (AvgIpc) is 1.96. The summed E-state index contributed by atoms with van der Waals surface area (Å²) < 4.78 is 6.48. The summed E-state index contributed by atoms with van der Waals surface area (Å²) in [6, 6.07) is 0. The monoisotopic (exact) mass is 304 g/mol. The highest BCUT2D eigenvalue weighted by molar-refractivity contribution is 14.1. The normalized spacial score (nSPS) is 11.7. The number of hydrogen-bond donors (Lipinski definition) is 0. The van der Waals surface area contributed by atoms with Crippen LogP contribution in [0, 0.1) is 0 Å². The Balaban J connectivity index is 3.28. The largest absolute Gasteiger partial charge is 0.329 e. The number of alkyl halides is 1. The molecule has 0 N–H and O–H groups in total. The van der Waals surface area contributed by atoms with Gasteiger partial charge in [0.15, 0.2) is 0 Å². The third-order valence-electron chi connectivity index (χ3n) is 1.11. The van der Waals surface area contributed by atoms with Gasteiger partial charge in [-0.25, -0.2) is 0 Å². The van der Waals surface area contributed by atoms with E-state index in [1.165, 1.54) is 0 Å². The molecule has 0 spiro atoms. The molecule has 0 atom stereocenters. The smallest absolute Gasteiger partial charge is 0.225 e. The van der Waals surface area contributed by atoms with Crippen LogP contribution in [-0.4, -0.2) is 48.3 Å². The summed E-state index contributed by atoms with van der Waals surface area (Å²) in [4.78, 5) is 10.8. The van der Waals surface area contributed by atoms with Crippen LogP contribution in [0.3, 0.4) is 0 Å². The van der Waals surface area contributed by atoms with E-state index in [2.05, 4.69) is 21.1 Å². The van der Waals surface area contributed by atoms with Crippen LogP contribution < -0.4 is 0 Å². The summed E-state index contributed by atoms with van der Waals surface area (Å²) in [7, 11) is 6.27. The molecule has 0 aromatic heterocycles. The van der Waals surface area contributed by atoms with E-state index in [-0.39, 0.29) is 5.12 Å². The first kappa shape index (κ1) is 12.7. The lowest BCUT2D eigenvalue weighted by molar-refractivity contribution is -0.870. The molecule has 0 bridgehead atoms. The van der Waals surface area contributed by atoms with Crippen molar-refractivity contribution in [2.24, 2.45) is 0 Å². The molecule has 0 amide bonds. The van der Waals surface area contributed by atoms with E-state index in [0.29, 0.717) is 11.0 Å². The van der Waals surface area contributed by atoms with Crippen molar-refractivity contribution in [1.29, 1.82) is 0 Å². The van der Waals surface area contributed by atoms with E-state index >= 15 is 0 Å². The maximum Gasteiger partial charge on any atom is 0.225 e. The summed E-state index contributed by atoms with van der Waals surface area (Å²) in [5, 5.41) is 0.0806. The second kappa shape index (κ2) is 6.17. The Kier molecular flexibility index (Phi) is 6.52. The molecule has 0 aliphatic rings. The van der Waals surface area contributed by atoms with Gasteiger partial charge in [0.2, 0.25) is 5.12 Å². The zero-order valence-corrected chi connectivity index (χ0v) is 10.6. The zero-order chi connectivity index (χ0) is 9.61. The molecule has 12 heavy (non-hydrogen) atoms. The molecule has 0 saturated carbocycles. The summed E-state index contributed by atoms with van der Waals surface area (Å²) in [5.41, 5.74) is 0. The van der Waals surface area contributed by atoms with Crippen LogP contribution in [0.15, 0.2) is 0 Å². The molecule has 0 unspecified atom stereocenters. The average molecular weight is 304 g/mol. The highest BCUT2D eigenvalue weighted by atomic mass is 127. The fraction of sp³-hybridized carbons (Fsp3) is 0.857. The summed E-state index contributed by atoms with van der Waals surface area (Å²) in [6.07, 6.45) is 0. The number of rotatable bonds is 5. The first-order valence-electron chi connectivity index (χ1n) is 3.64. The standard InChI is InChI=1S/C7H15INO2S/c1-9(2,3)4-5-11-12-7(10)6-8/h4-6H2,1-3H3/q+1. The highest BCUT2D eigenvalue weighted by Gasteiger charge is 2.07. The minimum absolute atomic E-state index is 0.0806. The third-order valence-corrected chi connectivity index (χ3v) is 2.93. The lowest BCUT2D eigenvalue weighted by Gasteiger charge is -2.22. The Hall–Kier alpha value is 0.670. The molecule has 0 fully saturated rings. The van der Waals surface area contributed by atoms with Crippen molar-refractivity contribution in [3.63, 3.8) is 0 Å².